The summed E-state index contributed by atoms with van der Waals surface area (Å²) in [6.45, 7) is 3.99. The van der Waals surface area contributed by atoms with Crippen molar-refractivity contribution < 1.29 is 9.47 Å². The van der Waals surface area contributed by atoms with E-state index in [9.17, 15) is 0 Å². The summed E-state index contributed by atoms with van der Waals surface area (Å²) >= 11 is 0. The first-order valence-corrected chi connectivity index (χ1v) is 8.88. The standard InChI is InChI=1S/C20H27N3O2/c1-21-20(23(2)14-16-10-12-24-15-16)22-11-13-25-19-9-5-7-17-6-3-4-8-18(17)19/h3-9,16H,10-15H2,1-2H3,(H,21,22). The number of hydrogen-bond donors (Lipinski definition) is 1. The third-order valence-corrected chi connectivity index (χ3v) is 4.52. The number of guanidine groups is 1. The minimum atomic E-state index is 0.591. The van der Waals surface area contributed by atoms with Crippen molar-refractivity contribution in [3.8, 4) is 5.75 Å². The summed E-state index contributed by atoms with van der Waals surface area (Å²) < 4.78 is 11.4. The quantitative estimate of drug-likeness (QED) is 0.499. The maximum atomic E-state index is 5.97. The second kappa shape index (κ2) is 8.72. The molecule has 0 amide bonds. The van der Waals surface area contributed by atoms with Gasteiger partial charge in [0.25, 0.3) is 0 Å². The lowest BCUT2D eigenvalue weighted by Crippen LogP contribution is -2.42. The number of benzene rings is 2. The molecule has 1 unspecified atom stereocenters. The summed E-state index contributed by atoms with van der Waals surface area (Å²) in [5.41, 5.74) is 0. The van der Waals surface area contributed by atoms with E-state index in [0.29, 0.717) is 19.1 Å². The second-order valence-electron chi connectivity index (χ2n) is 6.41. The summed E-state index contributed by atoms with van der Waals surface area (Å²) in [4.78, 5) is 6.52. The number of ether oxygens (including phenoxy) is 2. The topological polar surface area (TPSA) is 46.1 Å². The molecule has 1 heterocycles. The molecule has 2 aromatic rings. The SMILES string of the molecule is CN=C(NCCOc1cccc2ccccc12)N(C)CC1CCOC1. The van der Waals surface area contributed by atoms with Crippen LogP contribution in [0.5, 0.6) is 5.75 Å². The van der Waals surface area contributed by atoms with Gasteiger partial charge in [0.1, 0.15) is 12.4 Å². The molecule has 0 spiro atoms. The number of fused-ring (bicyclic) bond motifs is 1. The Kier molecular flexibility index (Phi) is 6.12. The van der Waals surface area contributed by atoms with Gasteiger partial charge in [-0.3, -0.25) is 4.99 Å². The number of hydrogen-bond acceptors (Lipinski definition) is 3. The zero-order chi connectivity index (χ0) is 17.5. The molecule has 0 aromatic heterocycles. The smallest absolute Gasteiger partial charge is 0.193 e. The molecule has 1 fully saturated rings. The van der Waals surface area contributed by atoms with Crippen molar-refractivity contribution in [2.24, 2.45) is 10.9 Å². The fraction of sp³-hybridized carbons (Fsp3) is 0.450. The first-order chi connectivity index (χ1) is 12.3. The zero-order valence-corrected chi connectivity index (χ0v) is 15.1. The molecule has 1 aliphatic heterocycles. The van der Waals surface area contributed by atoms with Crippen molar-refractivity contribution in [2.75, 3.05) is 47.0 Å². The molecule has 25 heavy (non-hydrogen) atoms. The molecule has 1 aliphatic rings. The van der Waals surface area contributed by atoms with Gasteiger partial charge in [-0.15, -0.1) is 0 Å². The predicted molar refractivity (Wildman–Crippen MR) is 102 cm³/mol. The molecule has 0 bridgehead atoms. The molecule has 134 valence electrons. The highest BCUT2D eigenvalue weighted by Gasteiger charge is 2.18. The van der Waals surface area contributed by atoms with Gasteiger partial charge in [0.05, 0.1) is 13.2 Å². The molecular formula is C20H27N3O2. The van der Waals surface area contributed by atoms with Crippen LogP contribution >= 0.6 is 0 Å². The van der Waals surface area contributed by atoms with Gasteiger partial charge < -0.3 is 19.7 Å². The fourth-order valence-corrected chi connectivity index (χ4v) is 3.23. The van der Waals surface area contributed by atoms with Gasteiger partial charge in [-0.05, 0) is 17.9 Å². The summed E-state index contributed by atoms with van der Waals surface area (Å²) in [6, 6.07) is 14.4. The molecule has 2 aromatic carbocycles. The van der Waals surface area contributed by atoms with Crippen molar-refractivity contribution in [3.63, 3.8) is 0 Å². The van der Waals surface area contributed by atoms with E-state index >= 15 is 0 Å². The Morgan fingerprint density at radius 1 is 1.28 bits per heavy atom. The molecule has 1 N–H and O–H groups in total. The van der Waals surface area contributed by atoms with E-state index in [1.54, 1.807) is 0 Å². The van der Waals surface area contributed by atoms with Gasteiger partial charge >= 0.3 is 0 Å². The third-order valence-electron chi connectivity index (χ3n) is 4.52. The third kappa shape index (κ3) is 4.63. The number of rotatable bonds is 6. The van der Waals surface area contributed by atoms with E-state index in [1.807, 2.05) is 31.3 Å². The molecule has 5 heteroatoms. The first-order valence-electron chi connectivity index (χ1n) is 8.88. The Bertz CT molecular complexity index is 706. The van der Waals surface area contributed by atoms with Crippen LogP contribution in [0.15, 0.2) is 47.5 Å². The molecule has 0 saturated carbocycles. The van der Waals surface area contributed by atoms with Gasteiger partial charge in [-0.25, -0.2) is 0 Å². The van der Waals surface area contributed by atoms with E-state index in [-0.39, 0.29) is 0 Å². The average Bonchev–Trinajstić information content (AvgIpc) is 3.14. The van der Waals surface area contributed by atoms with Crippen molar-refractivity contribution in [3.05, 3.63) is 42.5 Å². The maximum absolute atomic E-state index is 5.97. The van der Waals surface area contributed by atoms with Gasteiger partial charge in [-0.2, -0.15) is 0 Å². The highest BCUT2D eigenvalue weighted by molar-refractivity contribution is 5.88. The number of nitrogens with one attached hydrogen (secondary N) is 1. The fourth-order valence-electron chi connectivity index (χ4n) is 3.23. The molecule has 0 aliphatic carbocycles. The van der Waals surface area contributed by atoms with E-state index in [4.69, 9.17) is 9.47 Å². The Balaban J connectivity index is 1.48. The minimum Gasteiger partial charge on any atom is -0.491 e. The summed E-state index contributed by atoms with van der Waals surface area (Å²) in [6.07, 6.45) is 1.13. The second-order valence-corrected chi connectivity index (χ2v) is 6.41. The van der Waals surface area contributed by atoms with Crippen LogP contribution in [0, 0.1) is 5.92 Å². The number of aliphatic imine (C=N–C) groups is 1. The molecule has 0 radical (unpaired) electrons. The molecular weight excluding hydrogens is 314 g/mol. The Morgan fingerprint density at radius 2 is 2.12 bits per heavy atom. The van der Waals surface area contributed by atoms with Crippen LogP contribution in [0.3, 0.4) is 0 Å². The van der Waals surface area contributed by atoms with E-state index in [2.05, 4.69) is 40.5 Å². The van der Waals surface area contributed by atoms with E-state index in [0.717, 1.165) is 43.3 Å². The van der Waals surface area contributed by atoms with E-state index < -0.39 is 0 Å². The van der Waals surface area contributed by atoms with Gasteiger partial charge in [0, 0.05) is 38.6 Å². The van der Waals surface area contributed by atoms with Crippen LogP contribution in [0.1, 0.15) is 6.42 Å². The van der Waals surface area contributed by atoms with Crippen LogP contribution < -0.4 is 10.1 Å². The molecule has 1 saturated heterocycles. The number of nitrogens with zero attached hydrogens (tertiary/aromatic N) is 2. The lowest BCUT2D eigenvalue weighted by molar-refractivity contribution is 0.181. The van der Waals surface area contributed by atoms with Crippen molar-refractivity contribution in [1.29, 1.82) is 0 Å². The molecule has 5 nitrogen and oxygen atoms in total. The largest absolute Gasteiger partial charge is 0.491 e. The lowest BCUT2D eigenvalue weighted by atomic mass is 10.1. The van der Waals surface area contributed by atoms with Crippen LogP contribution in [0.25, 0.3) is 10.8 Å². The molecule has 1 atom stereocenters. The van der Waals surface area contributed by atoms with Crippen LogP contribution in [0.4, 0.5) is 0 Å². The Hall–Kier alpha value is -2.27. The summed E-state index contributed by atoms with van der Waals surface area (Å²) in [7, 11) is 3.88. The molecule has 3 rings (SSSR count). The minimum absolute atomic E-state index is 0.591. The maximum Gasteiger partial charge on any atom is 0.193 e. The predicted octanol–water partition coefficient (Wildman–Crippen LogP) is 2.76. The highest BCUT2D eigenvalue weighted by atomic mass is 16.5. The summed E-state index contributed by atoms with van der Waals surface area (Å²) in [5.74, 6) is 2.41. The van der Waals surface area contributed by atoms with Crippen molar-refractivity contribution >= 4 is 16.7 Å². The van der Waals surface area contributed by atoms with Gasteiger partial charge in [0.15, 0.2) is 5.96 Å². The zero-order valence-electron chi connectivity index (χ0n) is 15.1. The monoisotopic (exact) mass is 341 g/mol. The van der Waals surface area contributed by atoms with E-state index in [1.165, 1.54) is 5.39 Å². The van der Waals surface area contributed by atoms with Crippen molar-refractivity contribution in [2.45, 2.75) is 6.42 Å². The van der Waals surface area contributed by atoms with Crippen LogP contribution in [-0.4, -0.2) is 57.9 Å². The Labute approximate surface area is 149 Å². The summed E-state index contributed by atoms with van der Waals surface area (Å²) in [5, 5.41) is 5.71. The van der Waals surface area contributed by atoms with Crippen LogP contribution in [0.2, 0.25) is 0 Å². The van der Waals surface area contributed by atoms with Crippen molar-refractivity contribution in [1.82, 2.24) is 10.2 Å². The normalized spacial score (nSPS) is 17.7. The van der Waals surface area contributed by atoms with Gasteiger partial charge in [-0.1, -0.05) is 36.4 Å². The van der Waals surface area contributed by atoms with Gasteiger partial charge in [0.2, 0.25) is 0 Å². The van der Waals surface area contributed by atoms with Crippen LogP contribution in [-0.2, 0) is 4.74 Å². The first kappa shape index (κ1) is 17.5. The highest BCUT2D eigenvalue weighted by Crippen LogP contribution is 2.24. The lowest BCUT2D eigenvalue weighted by Gasteiger charge is -2.24. The Morgan fingerprint density at radius 3 is 2.92 bits per heavy atom. The average molecular weight is 341 g/mol.